The molecule has 3 aromatic rings. The normalized spacial score (nSPS) is 11.6. The summed E-state index contributed by atoms with van der Waals surface area (Å²) in [6.45, 7) is 1.83. The second kappa shape index (κ2) is 6.71. The van der Waals surface area contributed by atoms with Gasteiger partial charge in [0.15, 0.2) is 27.7 Å². The summed E-state index contributed by atoms with van der Waals surface area (Å²) in [6.07, 6.45) is 1.63. The highest BCUT2D eigenvalue weighted by molar-refractivity contribution is 7.86. The Morgan fingerprint density at radius 3 is 3.04 bits per heavy atom. The van der Waals surface area contributed by atoms with Gasteiger partial charge in [0, 0.05) is 29.2 Å². The first-order valence-electron chi connectivity index (χ1n) is 6.79. The Kier molecular flexibility index (Phi) is 4.47. The Morgan fingerprint density at radius 1 is 1.46 bits per heavy atom. The molecule has 1 aromatic carbocycles. The molecule has 0 aliphatic heterocycles. The Morgan fingerprint density at radius 2 is 2.29 bits per heavy atom. The summed E-state index contributed by atoms with van der Waals surface area (Å²) in [7, 11) is -1.59. The van der Waals surface area contributed by atoms with Crippen LogP contribution < -0.4 is 9.46 Å². The Bertz CT molecular complexity index is 1010. The van der Waals surface area contributed by atoms with Gasteiger partial charge in [-0.25, -0.2) is 4.21 Å². The van der Waals surface area contributed by atoms with E-state index in [2.05, 4.69) is 20.1 Å². The summed E-state index contributed by atoms with van der Waals surface area (Å²) in [6, 6.07) is 9.19. The van der Waals surface area contributed by atoms with Gasteiger partial charge < -0.3 is 9.72 Å². The second-order valence-electron chi connectivity index (χ2n) is 4.80. The number of nitriles is 2. The van der Waals surface area contributed by atoms with Gasteiger partial charge in [-0.3, -0.25) is 4.72 Å². The molecule has 2 aromatic heterocycles. The highest BCUT2D eigenvalue weighted by Gasteiger charge is 2.15. The van der Waals surface area contributed by atoms with Gasteiger partial charge in [-0.05, 0) is 18.6 Å². The summed E-state index contributed by atoms with van der Waals surface area (Å²) in [4.78, 5) is 3.04. The molecule has 0 aliphatic rings. The predicted molar refractivity (Wildman–Crippen MR) is 91.0 cm³/mol. The monoisotopic (exact) mass is 357 g/mol. The Hall–Kier alpha value is -2.88. The SMILES string of the molecule is Cc1ccc(NS(=O)c2cc(OCC#N)sn2)c2[nH]cc(C#N)c12. The van der Waals surface area contributed by atoms with E-state index in [4.69, 9.17) is 10.00 Å². The van der Waals surface area contributed by atoms with Gasteiger partial charge in [0.2, 0.25) is 0 Å². The maximum atomic E-state index is 12.5. The van der Waals surface area contributed by atoms with Crippen molar-refractivity contribution in [2.45, 2.75) is 11.9 Å². The highest BCUT2D eigenvalue weighted by Crippen LogP contribution is 2.30. The van der Waals surface area contributed by atoms with Gasteiger partial charge in [0.1, 0.15) is 12.1 Å². The van der Waals surface area contributed by atoms with Crippen LogP contribution in [0.25, 0.3) is 10.9 Å². The van der Waals surface area contributed by atoms with Crippen LogP contribution in [-0.2, 0) is 11.0 Å². The maximum absolute atomic E-state index is 12.5. The van der Waals surface area contributed by atoms with Gasteiger partial charge in [0.25, 0.3) is 0 Å². The number of rotatable bonds is 5. The molecule has 0 aliphatic carbocycles. The molecule has 0 radical (unpaired) electrons. The molecule has 0 saturated carbocycles. The summed E-state index contributed by atoms with van der Waals surface area (Å²) in [5, 5.41) is 19.2. The van der Waals surface area contributed by atoms with E-state index in [0.717, 1.165) is 28.0 Å². The van der Waals surface area contributed by atoms with Crippen LogP contribution >= 0.6 is 11.5 Å². The third-order valence-corrected chi connectivity index (χ3v) is 5.12. The van der Waals surface area contributed by atoms with Gasteiger partial charge in [-0.1, -0.05) is 6.07 Å². The van der Waals surface area contributed by atoms with E-state index >= 15 is 0 Å². The fraction of sp³-hybridized carbons (Fsp3) is 0.133. The number of anilines is 1. The van der Waals surface area contributed by atoms with Crippen LogP contribution in [0.2, 0.25) is 0 Å². The van der Waals surface area contributed by atoms with Crippen LogP contribution in [0.3, 0.4) is 0 Å². The van der Waals surface area contributed by atoms with E-state index in [1.165, 1.54) is 6.07 Å². The third-order valence-electron chi connectivity index (χ3n) is 3.30. The summed E-state index contributed by atoms with van der Waals surface area (Å²) < 4.78 is 24.5. The lowest BCUT2D eigenvalue weighted by atomic mass is 10.1. The number of aryl methyl sites for hydroxylation is 1. The molecule has 2 N–H and O–H groups in total. The van der Waals surface area contributed by atoms with Crippen LogP contribution in [0.15, 0.2) is 29.4 Å². The van der Waals surface area contributed by atoms with E-state index in [1.54, 1.807) is 12.3 Å². The van der Waals surface area contributed by atoms with E-state index in [0.29, 0.717) is 21.3 Å². The van der Waals surface area contributed by atoms with Crippen molar-refractivity contribution in [2.75, 3.05) is 11.3 Å². The zero-order valence-electron chi connectivity index (χ0n) is 12.5. The first kappa shape index (κ1) is 16.0. The first-order chi connectivity index (χ1) is 11.6. The molecule has 7 nitrogen and oxygen atoms in total. The highest BCUT2D eigenvalue weighted by atomic mass is 32.2. The van der Waals surface area contributed by atoms with E-state index in [1.807, 2.05) is 19.1 Å². The van der Waals surface area contributed by atoms with E-state index < -0.39 is 11.0 Å². The zero-order chi connectivity index (χ0) is 17.1. The van der Waals surface area contributed by atoms with Crippen LogP contribution in [0.4, 0.5) is 5.69 Å². The molecular formula is C15H11N5O2S2. The molecule has 0 bridgehead atoms. The van der Waals surface area contributed by atoms with Crippen LogP contribution in [-0.4, -0.2) is 20.2 Å². The Balaban J connectivity index is 1.88. The number of hydrogen-bond donors (Lipinski definition) is 2. The molecule has 120 valence electrons. The van der Waals surface area contributed by atoms with Gasteiger partial charge in [-0.2, -0.15) is 14.9 Å². The van der Waals surface area contributed by atoms with E-state index in [-0.39, 0.29) is 6.61 Å². The molecular weight excluding hydrogens is 346 g/mol. The number of ether oxygens (including phenoxy) is 1. The van der Waals surface area contributed by atoms with Crippen LogP contribution in [0.1, 0.15) is 11.1 Å². The summed E-state index contributed by atoms with van der Waals surface area (Å²) in [5.41, 5.74) is 2.83. The van der Waals surface area contributed by atoms with E-state index in [9.17, 15) is 9.47 Å². The molecule has 9 heteroatoms. The summed E-state index contributed by atoms with van der Waals surface area (Å²) in [5.74, 6) is 0. The quantitative estimate of drug-likeness (QED) is 0.728. The van der Waals surface area contributed by atoms with Gasteiger partial charge in [0.05, 0.1) is 16.8 Å². The van der Waals surface area contributed by atoms with Crippen molar-refractivity contribution in [3.8, 4) is 17.2 Å². The van der Waals surface area contributed by atoms with Crippen molar-refractivity contribution < 1.29 is 8.95 Å². The number of hydrogen-bond acceptors (Lipinski definition) is 6. The number of aromatic amines is 1. The standard InChI is InChI=1S/C15H11N5O2S2/c1-9-2-3-11(15-14(9)10(7-17)8-18-15)20-24(21)12-6-13(23-19-12)22-5-4-16/h2-3,6,8,18,20H,5H2,1H3. The number of aromatic nitrogens is 2. The van der Waals surface area contributed by atoms with Crippen molar-refractivity contribution >= 4 is 39.1 Å². The number of H-pyrrole nitrogens is 1. The minimum atomic E-state index is -1.59. The Labute approximate surface area is 144 Å². The molecule has 0 saturated heterocycles. The van der Waals surface area contributed by atoms with Crippen molar-refractivity contribution in [2.24, 2.45) is 0 Å². The summed E-state index contributed by atoms with van der Waals surface area (Å²) >= 11 is 1.03. The largest absolute Gasteiger partial charge is 0.468 e. The number of benzene rings is 1. The molecule has 2 heterocycles. The lowest BCUT2D eigenvalue weighted by molar-refractivity contribution is 0.378. The fourth-order valence-electron chi connectivity index (χ4n) is 2.25. The van der Waals surface area contributed by atoms with Crippen molar-refractivity contribution in [1.82, 2.24) is 9.36 Å². The number of fused-ring (bicyclic) bond motifs is 1. The minimum absolute atomic E-state index is 0.0836. The van der Waals surface area contributed by atoms with Gasteiger partial charge >= 0.3 is 0 Å². The molecule has 0 amide bonds. The molecule has 0 fully saturated rings. The van der Waals surface area contributed by atoms with Crippen molar-refractivity contribution in [1.29, 1.82) is 10.5 Å². The number of nitrogens with one attached hydrogen (secondary N) is 2. The average Bonchev–Trinajstić information content (AvgIpc) is 3.22. The topological polar surface area (TPSA) is 115 Å². The maximum Gasteiger partial charge on any atom is 0.195 e. The number of nitrogens with zero attached hydrogens (tertiary/aromatic N) is 3. The lowest BCUT2D eigenvalue weighted by Crippen LogP contribution is -2.05. The van der Waals surface area contributed by atoms with Crippen LogP contribution in [0.5, 0.6) is 5.06 Å². The zero-order valence-corrected chi connectivity index (χ0v) is 14.1. The van der Waals surface area contributed by atoms with Gasteiger partial charge in [-0.15, -0.1) is 0 Å². The molecule has 1 unspecified atom stereocenters. The molecule has 0 spiro atoms. The third kappa shape index (κ3) is 2.95. The predicted octanol–water partition coefficient (Wildman–Crippen LogP) is 2.84. The van der Waals surface area contributed by atoms with Crippen molar-refractivity contribution in [3.05, 3.63) is 35.5 Å². The lowest BCUT2D eigenvalue weighted by Gasteiger charge is -2.07. The molecule has 1 atom stereocenters. The average molecular weight is 357 g/mol. The first-order valence-corrected chi connectivity index (χ1v) is 8.72. The van der Waals surface area contributed by atoms with Crippen LogP contribution in [0, 0.1) is 29.6 Å². The molecule has 3 rings (SSSR count). The molecule has 24 heavy (non-hydrogen) atoms. The fourth-order valence-corrected chi connectivity index (χ4v) is 3.90. The smallest absolute Gasteiger partial charge is 0.195 e. The van der Waals surface area contributed by atoms with Crippen molar-refractivity contribution in [3.63, 3.8) is 0 Å². The minimum Gasteiger partial charge on any atom is -0.468 e. The second-order valence-corrected chi connectivity index (χ2v) is 6.72.